The summed E-state index contributed by atoms with van der Waals surface area (Å²) < 4.78 is 52.0. The van der Waals surface area contributed by atoms with E-state index in [0.29, 0.717) is 34.6 Å². The molecule has 12 nitrogen and oxygen atoms in total. The van der Waals surface area contributed by atoms with Gasteiger partial charge >= 0.3 is 0 Å². The molecule has 0 fully saturated rings. The Kier molecular flexibility index (Phi) is 7.89. The van der Waals surface area contributed by atoms with Crippen LogP contribution in [-0.2, 0) is 21.4 Å². The van der Waals surface area contributed by atoms with Crippen LogP contribution in [0.3, 0.4) is 0 Å². The van der Waals surface area contributed by atoms with Crippen LogP contribution in [0.25, 0.3) is 5.69 Å². The number of benzene rings is 1. The lowest BCUT2D eigenvalue weighted by Crippen LogP contribution is -2.31. The summed E-state index contributed by atoms with van der Waals surface area (Å²) >= 11 is 0. The highest BCUT2D eigenvalue weighted by Crippen LogP contribution is 2.36. The molecule has 0 bridgehead atoms. The molecule has 0 unspecified atom stereocenters. The van der Waals surface area contributed by atoms with Crippen LogP contribution in [0.4, 0.5) is 5.95 Å². The van der Waals surface area contributed by atoms with Crippen molar-refractivity contribution in [3.63, 3.8) is 0 Å². The lowest BCUT2D eigenvalue weighted by Gasteiger charge is -2.21. The molecule has 13 heteroatoms. The van der Waals surface area contributed by atoms with Gasteiger partial charge in [-0.3, -0.25) is 9.29 Å². The lowest BCUT2D eigenvalue weighted by molar-refractivity contribution is 0.176. The zero-order valence-electron chi connectivity index (χ0n) is 19.8. The van der Waals surface area contributed by atoms with Crippen molar-refractivity contribution >= 4 is 16.0 Å². The van der Waals surface area contributed by atoms with Crippen LogP contribution in [0.1, 0.15) is 31.4 Å². The van der Waals surface area contributed by atoms with Crippen LogP contribution in [0.15, 0.2) is 30.6 Å². The molecule has 3 aromatic rings. The number of hydrogen-bond donors (Lipinski definition) is 1. The molecule has 2 heterocycles. The number of nitrogens with one attached hydrogen (secondary N) is 1. The van der Waals surface area contributed by atoms with E-state index in [0.717, 1.165) is 0 Å². The first-order valence-electron chi connectivity index (χ1n) is 10.3. The van der Waals surface area contributed by atoms with E-state index in [2.05, 4.69) is 24.9 Å². The lowest BCUT2D eigenvalue weighted by atomic mass is 10.1. The Balaban J connectivity index is 2.01. The number of nitrogens with zero attached hydrogens (tertiary/aromatic N) is 5. The number of hydrogen-bond acceptors (Lipinski definition) is 10. The van der Waals surface area contributed by atoms with Gasteiger partial charge < -0.3 is 18.9 Å². The van der Waals surface area contributed by atoms with E-state index in [4.69, 9.17) is 18.9 Å². The molecule has 0 saturated carbocycles. The normalized spacial score (nSPS) is 13.2. The molecular weight excluding hydrogens is 464 g/mol. The Labute approximate surface area is 198 Å². The number of methoxy groups -OCH3 is 4. The standard InChI is InChI=1S/C21H28N6O6S/c1-13(20-22-10-15(31-4)11-23-20)14(2)34(28,29)26-21-25-24-18(12-30-3)27(21)19-16(32-5)8-7-9-17(19)33-6/h7-11,13-14H,12H2,1-6H3,(H,25,26)/t13-,14-/m0/s1. The maximum Gasteiger partial charge on any atom is 0.243 e. The predicted octanol–water partition coefficient (Wildman–Crippen LogP) is 2.16. The van der Waals surface area contributed by atoms with Gasteiger partial charge in [0.25, 0.3) is 0 Å². The Morgan fingerprint density at radius 1 is 0.971 bits per heavy atom. The van der Waals surface area contributed by atoms with E-state index in [-0.39, 0.29) is 12.6 Å². The van der Waals surface area contributed by atoms with Gasteiger partial charge in [0, 0.05) is 13.0 Å². The predicted molar refractivity (Wildman–Crippen MR) is 124 cm³/mol. The minimum absolute atomic E-state index is 0.0375. The zero-order chi connectivity index (χ0) is 24.9. The Bertz CT molecular complexity index is 1190. The van der Waals surface area contributed by atoms with E-state index in [9.17, 15) is 8.42 Å². The molecule has 0 spiro atoms. The fourth-order valence-corrected chi connectivity index (χ4v) is 4.49. The third-order valence-electron chi connectivity index (χ3n) is 5.35. The molecule has 0 amide bonds. The highest BCUT2D eigenvalue weighted by molar-refractivity contribution is 7.93. The fourth-order valence-electron chi connectivity index (χ4n) is 3.26. The largest absolute Gasteiger partial charge is 0.494 e. The summed E-state index contributed by atoms with van der Waals surface area (Å²) in [5.74, 6) is 1.50. The number of sulfonamides is 1. The van der Waals surface area contributed by atoms with Gasteiger partial charge in [0.05, 0.1) is 39.0 Å². The van der Waals surface area contributed by atoms with Gasteiger partial charge in [-0.2, -0.15) is 0 Å². The van der Waals surface area contributed by atoms with Crippen LogP contribution >= 0.6 is 0 Å². The first-order chi connectivity index (χ1) is 16.3. The number of rotatable bonds is 11. The maximum atomic E-state index is 13.3. The summed E-state index contributed by atoms with van der Waals surface area (Å²) in [4.78, 5) is 8.44. The molecule has 2 atom stereocenters. The van der Waals surface area contributed by atoms with Crippen LogP contribution in [0.2, 0.25) is 0 Å². The van der Waals surface area contributed by atoms with Gasteiger partial charge in [-0.15, -0.1) is 10.2 Å². The summed E-state index contributed by atoms with van der Waals surface area (Å²) in [6.45, 7) is 3.37. The molecule has 184 valence electrons. The Morgan fingerprint density at radius 3 is 2.12 bits per heavy atom. The van der Waals surface area contributed by atoms with Crippen molar-refractivity contribution in [2.75, 3.05) is 33.2 Å². The summed E-state index contributed by atoms with van der Waals surface area (Å²) in [7, 11) is 2.05. The van der Waals surface area contributed by atoms with Gasteiger partial charge in [0.2, 0.25) is 16.0 Å². The quantitative estimate of drug-likeness (QED) is 0.423. The van der Waals surface area contributed by atoms with E-state index in [1.54, 1.807) is 32.0 Å². The summed E-state index contributed by atoms with van der Waals surface area (Å²) in [5, 5.41) is 7.27. The molecule has 3 rings (SSSR count). The monoisotopic (exact) mass is 492 g/mol. The van der Waals surface area contributed by atoms with Crippen LogP contribution in [0, 0.1) is 0 Å². The van der Waals surface area contributed by atoms with Crippen LogP contribution in [0.5, 0.6) is 17.2 Å². The van der Waals surface area contributed by atoms with Gasteiger partial charge in [0.1, 0.15) is 29.6 Å². The van der Waals surface area contributed by atoms with E-state index in [1.165, 1.54) is 45.4 Å². The van der Waals surface area contributed by atoms with E-state index in [1.807, 2.05) is 0 Å². The minimum Gasteiger partial charge on any atom is -0.494 e. The fraction of sp³-hybridized carbons (Fsp3) is 0.429. The second-order valence-electron chi connectivity index (χ2n) is 7.34. The topological polar surface area (TPSA) is 140 Å². The molecule has 0 aliphatic rings. The second-order valence-corrected chi connectivity index (χ2v) is 9.38. The highest BCUT2D eigenvalue weighted by Gasteiger charge is 2.32. The van der Waals surface area contributed by atoms with Crippen molar-refractivity contribution in [2.24, 2.45) is 0 Å². The molecule has 0 aliphatic carbocycles. The van der Waals surface area contributed by atoms with Crippen molar-refractivity contribution in [2.45, 2.75) is 31.6 Å². The van der Waals surface area contributed by atoms with Crippen LogP contribution in [-0.4, -0.2) is 66.8 Å². The smallest absolute Gasteiger partial charge is 0.243 e. The first kappa shape index (κ1) is 25.2. The number of ether oxygens (including phenoxy) is 4. The van der Waals surface area contributed by atoms with Gasteiger partial charge in [-0.25, -0.2) is 18.4 Å². The first-order valence-corrected chi connectivity index (χ1v) is 11.8. The maximum absolute atomic E-state index is 13.3. The molecule has 0 aliphatic heterocycles. The zero-order valence-corrected chi connectivity index (χ0v) is 20.7. The van der Waals surface area contributed by atoms with Crippen molar-refractivity contribution in [3.05, 3.63) is 42.2 Å². The minimum atomic E-state index is -3.95. The molecular formula is C21H28N6O6S. The van der Waals surface area contributed by atoms with E-state index >= 15 is 0 Å². The highest BCUT2D eigenvalue weighted by atomic mass is 32.2. The molecule has 2 aromatic heterocycles. The second kappa shape index (κ2) is 10.7. The molecule has 0 saturated heterocycles. The molecule has 34 heavy (non-hydrogen) atoms. The van der Waals surface area contributed by atoms with Crippen LogP contribution < -0.4 is 18.9 Å². The van der Waals surface area contributed by atoms with Gasteiger partial charge in [0.15, 0.2) is 11.6 Å². The Hall–Kier alpha value is -3.45. The molecule has 1 N–H and O–H groups in total. The van der Waals surface area contributed by atoms with Crippen molar-refractivity contribution in [1.82, 2.24) is 24.7 Å². The summed E-state index contributed by atoms with van der Waals surface area (Å²) in [6, 6.07) is 5.20. The van der Waals surface area contributed by atoms with Crippen molar-refractivity contribution in [3.8, 4) is 22.9 Å². The number of para-hydroxylation sites is 1. The average Bonchev–Trinajstić information content (AvgIpc) is 3.23. The van der Waals surface area contributed by atoms with Gasteiger partial charge in [-0.1, -0.05) is 13.0 Å². The van der Waals surface area contributed by atoms with E-state index < -0.39 is 21.2 Å². The third kappa shape index (κ3) is 5.04. The summed E-state index contributed by atoms with van der Waals surface area (Å²) in [5.41, 5.74) is 0.432. The summed E-state index contributed by atoms with van der Waals surface area (Å²) in [6.07, 6.45) is 2.99. The average molecular weight is 493 g/mol. The third-order valence-corrected chi connectivity index (χ3v) is 7.20. The van der Waals surface area contributed by atoms with Gasteiger partial charge in [-0.05, 0) is 19.1 Å². The number of anilines is 1. The molecule has 1 aromatic carbocycles. The molecule has 0 radical (unpaired) electrons. The van der Waals surface area contributed by atoms with Crippen molar-refractivity contribution < 1.29 is 27.4 Å². The SMILES string of the molecule is COCc1nnc(NS(=O)(=O)[C@@H](C)[C@H](C)c2ncc(OC)cn2)n1-c1c(OC)cccc1OC. The Morgan fingerprint density at radius 2 is 1.59 bits per heavy atom. The van der Waals surface area contributed by atoms with Crippen molar-refractivity contribution in [1.29, 1.82) is 0 Å². The number of aromatic nitrogens is 5.